The molecule has 23 heavy (non-hydrogen) atoms. The summed E-state index contributed by atoms with van der Waals surface area (Å²) in [6.07, 6.45) is 5.60. The van der Waals surface area contributed by atoms with E-state index in [0.717, 1.165) is 43.7 Å². The number of hydrogen-bond donors (Lipinski definition) is 1. The molecule has 1 aliphatic heterocycles. The van der Waals surface area contributed by atoms with Crippen molar-refractivity contribution >= 4 is 11.7 Å². The van der Waals surface area contributed by atoms with Gasteiger partial charge in [0.2, 0.25) is 5.91 Å². The number of piperidine rings is 1. The van der Waals surface area contributed by atoms with Gasteiger partial charge in [-0.25, -0.2) is 4.98 Å². The second-order valence-corrected chi connectivity index (χ2v) is 6.17. The zero-order chi connectivity index (χ0) is 16.2. The summed E-state index contributed by atoms with van der Waals surface area (Å²) < 4.78 is 1.70. The normalized spacial score (nSPS) is 18.8. The van der Waals surface area contributed by atoms with Crippen molar-refractivity contribution in [3.8, 4) is 0 Å². The largest absolute Gasteiger partial charge is 0.310 e. The molecule has 2 aromatic heterocycles. The zero-order valence-electron chi connectivity index (χ0n) is 13.6. The average molecular weight is 314 g/mol. The van der Waals surface area contributed by atoms with Gasteiger partial charge in [-0.05, 0) is 37.9 Å². The monoisotopic (exact) mass is 314 g/mol. The van der Waals surface area contributed by atoms with Gasteiger partial charge in [0, 0.05) is 32.5 Å². The van der Waals surface area contributed by atoms with Gasteiger partial charge in [0.05, 0.1) is 11.6 Å². The SMILES string of the molecule is Cc1ccc(NC(=O)C2CCCN(Cc3cn(C)nn3)C2)nc1. The van der Waals surface area contributed by atoms with Crippen LogP contribution in [0.4, 0.5) is 5.82 Å². The molecule has 3 heterocycles. The van der Waals surface area contributed by atoms with Crippen LogP contribution in [0, 0.1) is 12.8 Å². The molecule has 0 saturated carbocycles. The molecule has 3 rings (SSSR count). The highest BCUT2D eigenvalue weighted by atomic mass is 16.2. The number of nitrogens with one attached hydrogen (secondary N) is 1. The van der Waals surface area contributed by atoms with E-state index in [1.54, 1.807) is 10.9 Å². The van der Waals surface area contributed by atoms with Crippen molar-refractivity contribution in [3.05, 3.63) is 35.8 Å². The Labute approximate surface area is 135 Å². The Balaban J connectivity index is 1.56. The minimum atomic E-state index is -0.0106. The summed E-state index contributed by atoms with van der Waals surface area (Å²) in [4.78, 5) is 18.9. The van der Waals surface area contributed by atoms with Crippen molar-refractivity contribution in [2.75, 3.05) is 18.4 Å². The number of carbonyl (C=O) groups is 1. The topological polar surface area (TPSA) is 75.9 Å². The molecule has 122 valence electrons. The van der Waals surface area contributed by atoms with Crippen molar-refractivity contribution in [3.63, 3.8) is 0 Å². The fraction of sp³-hybridized carbons (Fsp3) is 0.500. The Morgan fingerprint density at radius 2 is 2.30 bits per heavy atom. The highest BCUT2D eigenvalue weighted by molar-refractivity contribution is 5.91. The highest BCUT2D eigenvalue weighted by Gasteiger charge is 2.26. The van der Waals surface area contributed by atoms with E-state index in [0.29, 0.717) is 5.82 Å². The van der Waals surface area contributed by atoms with Gasteiger partial charge in [-0.15, -0.1) is 5.10 Å². The molecule has 7 nitrogen and oxygen atoms in total. The Morgan fingerprint density at radius 3 is 3.00 bits per heavy atom. The van der Waals surface area contributed by atoms with Crippen molar-refractivity contribution in [2.45, 2.75) is 26.3 Å². The maximum absolute atomic E-state index is 12.4. The van der Waals surface area contributed by atoms with E-state index in [4.69, 9.17) is 0 Å². The number of amides is 1. The molecule has 0 radical (unpaired) electrons. The molecule has 0 bridgehead atoms. The fourth-order valence-corrected chi connectivity index (χ4v) is 2.88. The Morgan fingerprint density at radius 1 is 1.43 bits per heavy atom. The van der Waals surface area contributed by atoms with Crippen LogP contribution in [0.1, 0.15) is 24.1 Å². The van der Waals surface area contributed by atoms with E-state index in [2.05, 4.69) is 25.5 Å². The zero-order valence-corrected chi connectivity index (χ0v) is 13.6. The molecule has 1 atom stereocenters. The minimum Gasteiger partial charge on any atom is -0.310 e. The maximum Gasteiger partial charge on any atom is 0.229 e. The Bertz CT molecular complexity index is 665. The first-order valence-electron chi connectivity index (χ1n) is 7.91. The number of aromatic nitrogens is 4. The van der Waals surface area contributed by atoms with E-state index in [1.165, 1.54) is 0 Å². The number of carbonyl (C=O) groups excluding carboxylic acids is 1. The van der Waals surface area contributed by atoms with E-state index < -0.39 is 0 Å². The number of nitrogens with zero attached hydrogens (tertiary/aromatic N) is 5. The lowest BCUT2D eigenvalue weighted by molar-refractivity contribution is -0.121. The lowest BCUT2D eigenvalue weighted by atomic mass is 9.97. The first-order valence-corrected chi connectivity index (χ1v) is 7.91. The van der Waals surface area contributed by atoms with Crippen molar-refractivity contribution in [1.29, 1.82) is 0 Å². The first-order chi connectivity index (χ1) is 11.1. The third-order valence-electron chi connectivity index (χ3n) is 4.07. The van der Waals surface area contributed by atoms with Gasteiger partial charge in [0.15, 0.2) is 0 Å². The van der Waals surface area contributed by atoms with Crippen molar-refractivity contribution in [2.24, 2.45) is 13.0 Å². The van der Waals surface area contributed by atoms with Crippen LogP contribution in [-0.4, -0.2) is 43.9 Å². The molecule has 1 saturated heterocycles. The summed E-state index contributed by atoms with van der Waals surface area (Å²) in [5, 5.41) is 11.0. The molecule has 1 amide bonds. The van der Waals surface area contributed by atoms with Gasteiger partial charge in [0.1, 0.15) is 5.82 Å². The number of pyridine rings is 1. The van der Waals surface area contributed by atoms with Gasteiger partial charge in [0.25, 0.3) is 0 Å². The molecule has 1 aliphatic rings. The average Bonchev–Trinajstić information content (AvgIpc) is 2.95. The number of aryl methyl sites for hydroxylation is 2. The van der Waals surface area contributed by atoms with E-state index >= 15 is 0 Å². The predicted octanol–water partition coefficient (Wildman–Crippen LogP) is 1.37. The van der Waals surface area contributed by atoms with Crippen molar-refractivity contribution in [1.82, 2.24) is 24.9 Å². The summed E-state index contributed by atoms with van der Waals surface area (Å²) in [7, 11) is 1.86. The lowest BCUT2D eigenvalue weighted by Crippen LogP contribution is -2.40. The number of anilines is 1. The lowest BCUT2D eigenvalue weighted by Gasteiger charge is -2.31. The summed E-state index contributed by atoms with van der Waals surface area (Å²) >= 11 is 0. The summed E-state index contributed by atoms with van der Waals surface area (Å²) in [6.45, 7) is 4.45. The maximum atomic E-state index is 12.4. The van der Waals surface area contributed by atoms with Gasteiger partial charge >= 0.3 is 0 Å². The van der Waals surface area contributed by atoms with Crippen LogP contribution in [-0.2, 0) is 18.4 Å². The quantitative estimate of drug-likeness (QED) is 0.922. The second-order valence-electron chi connectivity index (χ2n) is 6.17. The molecule has 0 aliphatic carbocycles. The van der Waals surface area contributed by atoms with Crippen LogP contribution in [0.2, 0.25) is 0 Å². The third kappa shape index (κ3) is 4.13. The van der Waals surface area contributed by atoms with Crippen LogP contribution < -0.4 is 5.32 Å². The highest BCUT2D eigenvalue weighted by Crippen LogP contribution is 2.19. The van der Waals surface area contributed by atoms with Gasteiger partial charge in [-0.1, -0.05) is 11.3 Å². The van der Waals surface area contributed by atoms with Gasteiger partial charge in [-0.2, -0.15) is 0 Å². The van der Waals surface area contributed by atoms with Crippen molar-refractivity contribution < 1.29 is 4.79 Å². The molecule has 0 spiro atoms. The van der Waals surface area contributed by atoms with Gasteiger partial charge in [-0.3, -0.25) is 14.4 Å². The standard InChI is InChI=1S/C16H22N6O/c1-12-5-6-15(17-8-12)18-16(23)13-4-3-7-22(9-13)11-14-10-21(2)20-19-14/h5-6,8,10,13H,3-4,7,9,11H2,1-2H3,(H,17,18,23). The molecule has 2 aromatic rings. The third-order valence-corrected chi connectivity index (χ3v) is 4.07. The van der Waals surface area contributed by atoms with Crippen LogP contribution in [0.25, 0.3) is 0 Å². The van der Waals surface area contributed by atoms with Gasteiger partial charge < -0.3 is 5.32 Å². The van der Waals surface area contributed by atoms with Crippen LogP contribution >= 0.6 is 0 Å². The first kappa shape index (κ1) is 15.6. The molecular weight excluding hydrogens is 292 g/mol. The van der Waals surface area contributed by atoms with E-state index in [9.17, 15) is 4.79 Å². The molecule has 1 fully saturated rings. The van der Waals surface area contributed by atoms with Crippen LogP contribution in [0.15, 0.2) is 24.5 Å². The second kappa shape index (κ2) is 6.87. The molecule has 1 N–H and O–H groups in total. The predicted molar refractivity (Wildman–Crippen MR) is 86.6 cm³/mol. The van der Waals surface area contributed by atoms with Crippen LogP contribution in [0.3, 0.4) is 0 Å². The summed E-state index contributed by atoms with van der Waals surface area (Å²) in [5.74, 6) is 0.653. The van der Waals surface area contributed by atoms with Crippen LogP contribution in [0.5, 0.6) is 0 Å². The number of likely N-dealkylation sites (tertiary alicyclic amines) is 1. The number of hydrogen-bond acceptors (Lipinski definition) is 5. The Hall–Kier alpha value is -2.28. The Kier molecular flexibility index (Phi) is 4.66. The molecule has 0 aromatic carbocycles. The molecular formula is C16H22N6O. The molecule has 7 heteroatoms. The smallest absolute Gasteiger partial charge is 0.229 e. The summed E-state index contributed by atoms with van der Waals surface area (Å²) in [6, 6.07) is 3.79. The number of rotatable bonds is 4. The van der Waals surface area contributed by atoms with E-state index in [1.807, 2.05) is 32.3 Å². The van der Waals surface area contributed by atoms with E-state index in [-0.39, 0.29) is 11.8 Å². The molecule has 1 unspecified atom stereocenters. The minimum absolute atomic E-state index is 0.0106. The fourth-order valence-electron chi connectivity index (χ4n) is 2.88. The summed E-state index contributed by atoms with van der Waals surface area (Å²) in [5.41, 5.74) is 2.02.